The molecule has 2 rings (SSSR count). The molecule has 0 saturated heterocycles. The van der Waals surface area contributed by atoms with Crippen LogP contribution in [-0.2, 0) is 6.54 Å². The van der Waals surface area contributed by atoms with E-state index in [9.17, 15) is 14.7 Å². The molecule has 0 radical (unpaired) electrons. The number of hydrogen-bond donors (Lipinski definition) is 3. The minimum absolute atomic E-state index is 0.151. The summed E-state index contributed by atoms with van der Waals surface area (Å²) in [5.41, 5.74) is 1.72. The normalized spacial score (nSPS) is 11.7. The fourth-order valence-electron chi connectivity index (χ4n) is 2.72. The van der Waals surface area contributed by atoms with Gasteiger partial charge in [0.25, 0.3) is 5.91 Å². The standard InChI is InChI=1S/C19H25N3O4/c1-4-14(12-23)22(11-15-7-6-10-26-15)19(25)21-17-9-5-8-16(13(17)2)18(24)20-3/h5-10,14,23H,4,11-12H2,1-3H3,(H,20,24)(H,21,25). The Kier molecular flexibility index (Phi) is 6.80. The molecule has 1 aromatic carbocycles. The van der Waals surface area contributed by atoms with Crippen molar-refractivity contribution in [3.05, 3.63) is 53.5 Å². The lowest BCUT2D eigenvalue weighted by atomic mass is 10.1. The maximum absolute atomic E-state index is 12.9. The first-order valence-electron chi connectivity index (χ1n) is 8.54. The van der Waals surface area contributed by atoms with E-state index < -0.39 is 0 Å². The third-order valence-corrected chi connectivity index (χ3v) is 4.34. The Bertz CT molecular complexity index is 739. The molecule has 26 heavy (non-hydrogen) atoms. The third kappa shape index (κ3) is 4.43. The molecular weight excluding hydrogens is 334 g/mol. The first kappa shape index (κ1) is 19.5. The van der Waals surface area contributed by atoms with Crippen LogP contribution in [0, 0.1) is 6.92 Å². The van der Waals surface area contributed by atoms with Crippen molar-refractivity contribution in [3.63, 3.8) is 0 Å². The van der Waals surface area contributed by atoms with Gasteiger partial charge in [-0.3, -0.25) is 4.79 Å². The fraction of sp³-hybridized carbons (Fsp3) is 0.368. The van der Waals surface area contributed by atoms with Gasteiger partial charge in [0.1, 0.15) is 5.76 Å². The molecule has 3 N–H and O–H groups in total. The van der Waals surface area contributed by atoms with Gasteiger partial charge in [0, 0.05) is 18.3 Å². The van der Waals surface area contributed by atoms with Crippen LogP contribution in [0.1, 0.15) is 35.0 Å². The Morgan fingerprint density at radius 3 is 2.62 bits per heavy atom. The molecule has 7 heteroatoms. The van der Waals surface area contributed by atoms with Crippen LogP contribution >= 0.6 is 0 Å². The number of aliphatic hydroxyl groups excluding tert-OH is 1. The number of amides is 3. The third-order valence-electron chi connectivity index (χ3n) is 4.34. The Morgan fingerprint density at radius 2 is 2.04 bits per heavy atom. The van der Waals surface area contributed by atoms with Crippen molar-refractivity contribution in [1.82, 2.24) is 10.2 Å². The molecule has 0 spiro atoms. The average molecular weight is 359 g/mol. The molecule has 1 unspecified atom stereocenters. The predicted octanol–water partition coefficient (Wildman–Crippen LogP) is 2.75. The van der Waals surface area contributed by atoms with E-state index in [-0.39, 0.29) is 31.1 Å². The van der Waals surface area contributed by atoms with Crippen LogP contribution in [0.15, 0.2) is 41.0 Å². The Morgan fingerprint density at radius 1 is 1.27 bits per heavy atom. The second kappa shape index (κ2) is 9.05. The molecule has 0 aliphatic carbocycles. The zero-order valence-corrected chi connectivity index (χ0v) is 15.3. The molecular formula is C19H25N3O4. The number of aliphatic hydroxyl groups is 1. The summed E-state index contributed by atoms with van der Waals surface area (Å²) in [4.78, 5) is 26.3. The number of rotatable bonds is 7. The van der Waals surface area contributed by atoms with Crippen molar-refractivity contribution in [2.45, 2.75) is 32.9 Å². The molecule has 0 bridgehead atoms. The van der Waals surface area contributed by atoms with Gasteiger partial charge in [0.05, 0.1) is 25.5 Å². The molecule has 3 amide bonds. The number of anilines is 1. The molecule has 1 heterocycles. The lowest BCUT2D eigenvalue weighted by Gasteiger charge is -2.29. The highest BCUT2D eigenvalue weighted by Crippen LogP contribution is 2.21. The van der Waals surface area contributed by atoms with Crippen molar-refractivity contribution < 1.29 is 19.1 Å². The van der Waals surface area contributed by atoms with Crippen LogP contribution in [0.25, 0.3) is 0 Å². The van der Waals surface area contributed by atoms with Crippen molar-refractivity contribution in [1.29, 1.82) is 0 Å². The minimum Gasteiger partial charge on any atom is -0.467 e. The zero-order valence-electron chi connectivity index (χ0n) is 15.3. The Hall–Kier alpha value is -2.80. The van der Waals surface area contributed by atoms with Crippen LogP contribution in [0.5, 0.6) is 0 Å². The molecule has 2 aromatic rings. The van der Waals surface area contributed by atoms with Crippen LogP contribution in [0.3, 0.4) is 0 Å². The van der Waals surface area contributed by atoms with E-state index in [1.165, 1.54) is 4.90 Å². The highest BCUT2D eigenvalue weighted by Gasteiger charge is 2.24. The van der Waals surface area contributed by atoms with Crippen molar-refractivity contribution in [2.24, 2.45) is 0 Å². The number of nitrogens with zero attached hydrogens (tertiary/aromatic N) is 1. The highest BCUT2D eigenvalue weighted by molar-refractivity contribution is 5.99. The maximum Gasteiger partial charge on any atom is 0.322 e. The molecule has 1 atom stereocenters. The molecule has 0 aliphatic rings. The predicted molar refractivity (Wildman–Crippen MR) is 99.0 cm³/mol. The molecule has 7 nitrogen and oxygen atoms in total. The summed E-state index contributed by atoms with van der Waals surface area (Å²) >= 11 is 0. The van der Waals surface area contributed by atoms with Gasteiger partial charge in [-0.2, -0.15) is 0 Å². The Labute approximate surface area is 153 Å². The van der Waals surface area contributed by atoms with Crippen LogP contribution in [-0.4, -0.2) is 41.6 Å². The van der Waals surface area contributed by atoms with E-state index in [4.69, 9.17) is 4.42 Å². The SMILES string of the molecule is CCC(CO)N(Cc1ccco1)C(=O)Nc1cccc(C(=O)NC)c1C. The van der Waals surface area contributed by atoms with E-state index in [1.807, 2.05) is 6.92 Å². The maximum atomic E-state index is 12.9. The summed E-state index contributed by atoms with van der Waals surface area (Å²) in [6.45, 7) is 3.77. The van der Waals surface area contributed by atoms with Gasteiger partial charge in [-0.15, -0.1) is 0 Å². The van der Waals surface area contributed by atoms with E-state index in [1.54, 1.807) is 50.6 Å². The number of urea groups is 1. The van der Waals surface area contributed by atoms with Gasteiger partial charge >= 0.3 is 6.03 Å². The summed E-state index contributed by atoms with van der Waals surface area (Å²) in [6, 6.07) is 7.98. The van der Waals surface area contributed by atoms with Gasteiger partial charge in [-0.1, -0.05) is 13.0 Å². The molecule has 140 valence electrons. The zero-order chi connectivity index (χ0) is 19.1. The molecule has 0 aliphatic heterocycles. The lowest BCUT2D eigenvalue weighted by Crippen LogP contribution is -2.44. The summed E-state index contributed by atoms with van der Waals surface area (Å²) in [6.07, 6.45) is 2.14. The van der Waals surface area contributed by atoms with Crippen molar-refractivity contribution >= 4 is 17.6 Å². The van der Waals surface area contributed by atoms with E-state index >= 15 is 0 Å². The molecule has 1 aromatic heterocycles. The average Bonchev–Trinajstić information content (AvgIpc) is 3.16. The quantitative estimate of drug-likeness (QED) is 0.708. The first-order valence-corrected chi connectivity index (χ1v) is 8.54. The first-order chi connectivity index (χ1) is 12.5. The largest absolute Gasteiger partial charge is 0.467 e. The summed E-state index contributed by atoms with van der Waals surface area (Å²) in [5, 5.41) is 15.1. The van der Waals surface area contributed by atoms with E-state index in [0.717, 1.165) is 0 Å². The summed E-state index contributed by atoms with van der Waals surface area (Å²) < 4.78 is 5.34. The van der Waals surface area contributed by atoms with Crippen molar-refractivity contribution in [3.8, 4) is 0 Å². The number of carbonyl (C=O) groups is 2. The molecule has 0 fully saturated rings. The molecule has 0 saturated carbocycles. The Balaban J connectivity index is 2.25. The van der Waals surface area contributed by atoms with Gasteiger partial charge in [0.2, 0.25) is 0 Å². The number of carbonyl (C=O) groups excluding carboxylic acids is 2. The second-order valence-electron chi connectivity index (χ2n) is 5.94. The number of furan rings is 1. The van der Waals surface area contributed by atoms with Crippen LogP contribution in [0.2, 0.25) is 0 Å². The minimum atomic E-state index is -0.362. The smallest absolute Gasteiger partial charge is 0.322 e. The number of nitrogens with one attached hydrogen (secondary N) is 2. The topological polar surface area (TPSA) is 94.8 Å². The number of hydrogen-bond acceptors (Lipinski definition) is 4. The summed E-state index contributed by atoms with van der Waals surface area (Å²) in [5.74, 6) is 0.413. The number of benzene rings is 1. The van der Waals surface area contributed by atoms with E-state index in [0.29, 0.717) is 29.0 Å². The van der Waals surface area contributed by atoms with Crippen LogP contribution < -0.4 is 10.6 Å². The second-order valence-corrected chi connectivity index (χ2v) is 5.94. The summed E-state index contributed by atoms with van der Waals surface area (Å²) in [7, 11) is 1.56. The lowest BCUT2D eigenvalue weighted by molar-refractivity contribution is 0.0962. The fourth-order valence-corrected chi connectivity index (χ4v) is 2.72. The monoisotopic (exact) mass is 359 g/mol. The van der Waals surface area contributed by atoms with Gasteiger partial charge in [0.15, 0.2) is 0 Å². The highest BCUT2D eigenvalue weighted by atomic mass is 16.3. The van der Waals surface area contributed by atoms with Crippen molar-refractivity contribution in [2.75, 3.05) is 19.0 Å². The van der Waals surface area contributed by atoms with Gasteiger partial charge in [-0.25, -0.2) is 4.79 Å². The van der Waals surface area contributed by atoms with E-state index in [2.05, 4.69) is 10.6 Å². The van der Waals surface area contributed by atoms with Crippen LogP contribution in [0.4, 0.5) is 10.5 Å². The van der Waals surface area contributed by atoms with Gasteiger partial charge in [-0.05, 0) is 43.2 Å². The van der Waals surface area contributed by atoms with Gasteiger partial charge < -0.3 is 25.1 Å².